The van der Waals surface area contributed by atoms with Gasteiger partial charge in [0.1, 0.15) is 5.75 Å². The summed E-state index contributed by atoms with van der Waals surface area (Å²) in [6.07, 6.45) is 0. The molecule has 100 valence electrons. The number of nitrogens with one attached hydrogen (secondary N) is 2. The van der Waals surface area contributed by atoms with Crippen molar-refractivity contribution in [2.75, 3.05) is 20.2 Å². The zero-order valence-corrected chi connectivity index (χ0v) is 12.1. The van der Waals surface area contributed by atoms with E-state index in [0.717, 1.165) is 18.8 Å². The Bertz CT molecular complexity index is 417. The highest BCUT2D eigenvalue weighted by atomic mass is 16.5. The molecule has 1 aromatic carbocycles. The van der Waals surface area contributed by atoms with Crippen LogP contribution in [0.5, 0.6) is 5.75 Å². The van der Waals surface area contributed by atoms with Crippen molar-refractivity contribution in [1.82, 2.24) is 10.6 Å². The Morgan fingerprint density at radius 1 is 1.22 bits per heavy atom. The van der Waals surface area contributed by atoms with Gasteiger partial charge in [-0.05, 0) is 56.5 Å². The van der Waals surface area contributed by atoms with Crippen LogP contribution in [0.1, 0.15) is 36.6 Å². The second-order valence-corrected chi connectivity index (χ2v) is 5.89. The van der Waals surface area contributed by atoms with Crippen LogP contribution in [0, 0.1) is 13.8 Å². The summed E-state index contributed by atoms with van der Waals surface area (Å²) < 4.78 is 5.32. The molecule has 1 saturated heterocycles. The van der Waals surface area contributed by atoms with Gasteiger partial charge in [-0.2, -0.15) is 0 Å². The molecule has 1 aliphatic rings. The number of aryl methyl sites for hydroxylation is 2. The number of rotatable bonds is 2. The summed E-state index contributed by atoms with van der Waals surface area (Å²) in [7, 11) is 1.72. The Morgan fingerprint density at radius 2 is 1.83 bits per heavy atom. The van der Waals surface area contributed by atoms with Gasteiger partial charge in [0.15, 0.2) is 0 Å². The van der Waals surface area contributed by atoms with E-state index in [0.29, 0.717) is 6.04 Å². The largest absolute Gasteiger partial charge is 0.497 e. The first-order valence-electron chi connectivity index (χ1n) is 6.56. The summed E-state index contributed by atoms with van der Waals surface area (Å²) in [6, 6.07) is 4.61. The van der Waals surface area contributed by atoms with E-state index in [9.17, 15) is 0 Å². The summed E-state index contributed by atoms with van der Waals surface area (Å²) in [4.78, 5) is 0. The first-order chi connectivity index (χ1) is 8.43. The molecule has 0 spiro atoms. The Labute approximate surface area is 110 Å². The molecule has 1 unspecified atom stereocenters. The van der Waals surface area contributed by atoms with Crippen LogP contribution >= 0.6 is 0 Å². The molecule has 0 bridgehead atoms. The van der Waals surface area contributed by atoms with E-state index in [1.54, 1.807) is 7.11 Å². The van der Waals surface area contributed by atoms with Crippen molar-refractivity contribution >= 4 is 0 Å². The maximum absolute atomic E-state index is 5.32. The summed E-state index contributed by atoms with van der Waals surface area (Å²) in [6.45, 7) is 10.8. The fraction of sp³-hybridized carbons (Fsp3) is 0.600. The van der Waals surface area contributed by atoms with Crippen molar-refractivity contribution in [3.05, 3.63) is 28.8 Å². The van der Waals surface area contributed by atoms with E-state index in [1.807, 2.05) is 0 Å². The summed E-state index contributed by atoms with van der Waals surface area (Å²) in [5.74, 6) is 0.941. The Balaban J connectivity index is 2.33. The predicted molar refractivity (Wildman–Crippen MR) is 75.3 cm³/mol. The average Bonchev–Trinajstić information content (AvgIpc) is 2.26. The predicted octanol–water partition coefficient (Wildman–Crippen LogP) is 2.32. The third kappa shape index (κ3) is 2.68. The molecular formula is C15H24N2O. The van der Waals surface area contributed by atoms with Crippen LogP contribution in [-0.2, 0) is 0 Å². The van der Waals surface area contributed by atoms with E-state index >= 15 is 0 Å². The van der Waals surface area contributed by atoms with Crippen molar-refractivity contribution in [3.63, 3.8) is 0 Å². The van der Waals surface area contributed by atoms with Gasteiger partial charge in [-0.1, -0.05) is 0 Å². The Morgan fingerprint density at radius 3 is 2.33 bits per heavy atom. The molecule has 0 aliphatic carbocycles. The first-order valence-corrected chi connectivity index (χ1v) is 6.56. The molecule has 1 fully saturated rings. The van der Waals surface area contributed by atoms with Gasteiger partial charge in [0.05, 0.1) is 7.11 Å². The monoisotopic (exact) mass is 248 g/mol. The molecule has 1 atom stereocenters. The fourth-order valence-corrected chi connectivity index (χ4v) is 2.88. The van der Waals surface area contributed by atoms with Gasteiger partial charge in [-0.25, -0.2) is 0 Å². The van der Waals surface area contributed by atoms with Gasteiger partial charge in [0, 0.05) is 24.7 Å². The van der Waals surface area contributed by atoms with Crippen LogP contribution in [0.2, 0.25) is 0 Å². The quantitative estimate of drug-likeness (QED) is 0.842. The maximum Gasteiger partial charge on any atom is 0.119 e. The molecular weight excluding hydrogens is 224 g/mol. The van der Waals surface area contributed by atoms with Crippen molar-refractivity contribution in [1.29, 1.82) is 0 Å². The van der Waals surface area contributed by atoms with Crippen molar-refractivity contribution in [3.8, 4) is 5.75 Å². The van der Waals surface area contributed by atoms with E-state index in [4.69, 9.17) is 4.74 Å². The van der Waals surface area contributed by atoms with Crippen molar-refractivity contribution in [2.24, 2.45) is 0 Å². The maximum atomic E-state index is 5.32. The van der Waals surface area contributed by atoms with E-state index < -0.39 is 0 Å². The zero-order chi connectivity index (χ0) is 13.3. The van der Waals surface area contributed by atoms with Crippen LogP contribution in [0.3, 0.4) is 0 Å². The normalized spacial score (nSPS) is 22.8. The minimum Gasteiger partial charge on any atom is -0.497 e. The molecule has 3 heteroatoms. The highest BCUT2D eigenvalue weighted by Crippen LogP contribution is 2.29. The zero-order valence-electron chi connectivity index (χ0n) is 12.1. The molecule has 1 heterocycles. The van der Waals surface area contributed by atoms with Gasteiger partial charge in [0.2, 0.25) is 0 Å². The summed E-state index contributed by atoms with van der Waals surface area (Å²) in [5.41, 5.74) is 4.13. The van der Waals surface area contributed by atoms with E-state index in [-0.39, 0.29) is 5.54 Å². The first kappa shape index (κ1) is 13.4. The number of ether oxygens (including phenoxy) is 1. The third-order valence-corrected chi connectivity index (χ3v) is 3.63. The summed E-state index contributed by atoms with van der Waals surface area (Å²) in [5, 5.41) is 7.24. The van der Waals surface area contributed by atoms with Crippen molar-refractivity contribution < 1.29 is 4.74 Å². The second-order valence-electron chi connectivity index (χ2n) is 5.89. The lowest BCUT2D eigenvalue weighted by molar-refractivity contribution is 0.263. The highest BCUT2D eigenvalue weighted by Gasteiger charge is 2.29. The molecule has 2 rings (SSSR count). The lowest BCUT2D eigenvalue weighted by Gasteiger charge is -2.39. The third-order valence-electron chi connectivity index (χ3n) is 3.63. The molecule has 3 nitrogen and oxygen atoms in total. The Kier molecular flexibility index (Phi) is 3.64. The van der Waals surface area contributed by atoms with Crippen LogP contribution in [-0.4, -0.2) is 25.7 Å². The molecule has 2 N–H and O–H groups in total. The van der Waals surface area contributed by atoms with Gasteiger partial charge >= 0.3 is 0 Å². The van der Waals surface area contributed by atoms with Crippen molar-refractivity contribution in [2.45, 2.75) is 39.3 Å². The number of piperazine rings is 1. The second kappa shape index (κ2) is 4.90. The van der Waals surface area contributed by atoms with Crippen LogP contribution in [0.25, 0.3) is 0 Å². The minimum absolute atomic E-state index is 0.141. The molecule has 18 heavy (non-hydrogen) atoms. The number of hydrogen-bond donors (Lipinski definition) is 2. The highest BCUT2D eigenvalue weighted by molar-refractivity contribution is 5.43. The number of benzene rings is 1. The van der Waals surface area contributed by atoms with Crippen LogP contribution < -0.4 is 15.4 Å². The van der Waals surface area contributed by atoms with Crippen LogP contribution in [0.15, 0.2) is 12.1 Å². The Hall–Kier alpha value is -1.06. The van der Waals surface area contributed by atoms with Gasteiger partial charge in [0.25, 0.3) is 0 Å². The number of hydrogen-bond acceptors (Lipinski definition) is 3. The molecule has 0 amide bonds. The fourth-order valence-electron chi connectivity index (χ4n) is 2.88. The summed E-state index contributed by atoms with van der Waals surface area (Å²) >= 11 is 0. The van der Waals surface area contributed by atoms with Gasteiger partial charge in [-0.3, -0.25) is 0 Å². The van der Waals surface area contributed by atoms with Gasteiger partial charge in [-0.15, -0.1) is 0 Å². The van der Waals surface area contributed by atoms with E-state index in [2.05, 4.69) is 50.5 Å². The van der Waals surface area contributed by atoms with E-state index in [1.165, 1.54) is 16.7 Å². The molecule has 1 aromatic rings. The lowest BCUT2D eigenvalue weighted by atomic mass is 9.91. The molecule has 0 saturated carbocycles. The van der Waals surface area contributed by atoms with Gasteiger partial charge < -0.3 is 15.4 Å². The molecule has 1 aliphatic heterocycles. The number of methoxy groups -OCH3 is 1. The SMILES string of the molecule is COc1cc(C)c(C2CNCC(C)(C)N2)c(C)c1. The topological polar surface area (TPSA) is 33.3 Å². The smallest absolute Gasteiger partial charge is 0.119 e. The van der Waals surface area contributed by atoms with Crippen LogP contribution in [0.4, 0.5) is 0 Å². The average molecular weight is 248 g/mol. The minimum atomic E-state index is 0.141. The lowest BCUT2D eigenvalue weighted by Crippen LogP contribution is -2.57. The molecule has 0 aromatic heterocycles. The standard InChI is InChI=1S/C15H24N2O/c1-10-6-12(18-5)7-11(2)14(10)13-8-16-9-15(3,4)17-13/h6-7,13,16-17H,8-9H2,1-5H3. The molecule has 0 radical (unpaired) electrons.